The minimum Gasteiger partial charge on any atom is -0.207 e. The number of unbranched alkanes of at least 4 members (excludes halogenated alkanes) is 9. The maximum Gasteiger partial charge on any atom is 0.135 e. The van der Waals surface area contributed by atoms with Gasteiger partial charge in [-0.2, -0.15) is 0 Å². The summed E-state index contributed by atoms with van der Waals surface area (Å²) in [4.78, 5) is 0. The lowest BCUT2D eigenvalue weighted by atomic mass is 10.1. The summed E-state index contributed by atoms with van der Waals surface area (Å²) in [5, 5.41) is 0. The summed E-state index contributed by atoms with van der Waals surface area (Å²) in [5.74, 6) is 2.12. The molecule has 0 amide bonds. The molecule has 0 nitrogen and oxygen atoms in total. The first-order chi connectivity index (χ1) is 10.7. The minimum atomic E-state index is -0.0371. The maximum atomic E-state index is 13.6. The Balaban J connectivity index is 1.95. The van der Waals surface area contributed by atoms with Gasteiger partial charge in [0, 0.05) is 5.56 Å². The molecule has 0 N–H and O–H groups in total. The van der Waals surface area contributed by atoms with Crippen LogP contribution < -0.4 is 0 Å². The highest BCUT2D eigenvalue weighted by Crippen LogP contribution is 2.14. The van der Waals surface area contributed by atoms with Crippen molar-refractivity contribution in [2.75, 3.05) is 12.0 Å². The van der Waals surface area contributed by atoms with Gasteiger partial charge in [0.15, 0.2) is 0 Å². The number of hydrogen-bond donors (Lipinski definition) is 0. The van der Waals surface area contributed by atoms with Crippen LogP contribution in [0.2, 0.25) is 0 Å². The molecule has 22 heavy (non-hydrogen) atoms. The van der Waals surface area contributed by atoms with Crippen LogP contribution in [0.1, 0.15) is 76.7 Å². The lowest BCUT2D eigenvalue weighted by molar-refractivity contribution is 0.563. The second-order valence-electron chi connectivity index (χ2n) is 6.40. The van der Waals surface area contributed by atoms with Gasteiger partial charge in [0.05, 0.1) is 6.26 Å². The van der Waals surface area contributed by atoms with E-state index in [1.807, 2.05) is 12.1 Å². The van der Waals surface area contributed by atoms with E-state index in [0.717, 1.165) is 11.3 Å². The minimum absolute atomic E-state index is 0.0371. The summed E-state index contributed by atoms with van der Waals surface area (Å²) >= 11 is 0. The van der Waals surface area contributed by atoms with Crippen molar-refractivity contribution in [3.63, 3.8) is 0 Å². The second-order valence-corrected chi connectivity index (χ2v) is 8.66. The van der Waals surface area contributed by atoms with Crippen LogP contribution in [0, 0.1) is 5.82 Å². The summed E-state index contributed by atoms with van der Waals surface area (Å²) in [6.07, 6.45) is 16.1. The summed E-state index contributed by atoms with van der Waals surface area (Å²) in [6, 6.07) is 7.22. The Morgan fingerprint density at radius 2 is 1.36 bits per heavy atom. The molecular weight excluding hydrogens is 291 g/mol. The predicted molar refractivity (Wildman–Crippen MR) is 100 cm³/mol. The topological polar surface area (TPSA) is 0 Å². The van der Waals surface area contributed by atoms with Crippen LogP contribution in [-0.2, 0) is 16.6 Å². The van der Waals surface area contributed by atoms with Crippen molar-refractivity contribution in [2.24, 2.45) is 0 Å². The molecule has 0 aliphatic heterocycles. The van der Waals surface area contributed by atoms with Gasteiger partial charge in [-0.05, 0) is 29.8 Å². The van der Waals surface area contributed by atoms with Gasteiger partial charge in [-0.1, -0.05) is 76.5 Å². The third-order valence-electron chi connectivity index (χ3n) is 4.21. The van der Waals surface area contributed by atoms with Gasteiger partial charge < -0.3 is 0 Å². The summed E-state index contributed by atoms with van der Waals surface area (Å²) in [6.45, 7) is 2.27. The van der Waals surface area contributed by atoms with Gasteiger partial charge >= 0.3 is 0 Å². The lowest BCUT2D eigenvalue weighted by Crippen LogP contribution is -2.09. The fourth-order valence-electron chi connectivity index (χ4n) is 2.79. The van der Waals surface area contributed by atoms with Crippen LogP contribution in [0.3, 0.4) is 0 Å². The first-order valence-electron chi connectivity index (χ1n) is 9.06. The number of hydrogen-bond acceptors (Lipinski definition) is 0. The van der Waals surface area contributed by atoms with Crippen molar-refractivity contribution >= 4 is 10.9 Å². The van der Waals surface area contributed by atoms with Gasteiger partial charge in [0.2, 0.25) is 0 Å². The van der Waals surface area contributed by atoms with Gasteiger partial charge in [-0.25, -0.2) is 4.39 Å². The van der Waals surface area contributed by atoms with E-state index in [1.54, 1.807) is 12.1 Å². The zero-order valence-electron chi connectivity index (χ0n) is 14.6. The van der Waals surface area contributed by atoms with Crippen molar-refractivity contribution in [3.05, 3.63) is 35.6 Å². The number of benzene rings is 1. The molecule has 1 rings (SSSR count). The molecule has 0 aliphatic carbocycles. The second kappa shape index (κ2) is 13.0. The molecule has 0 fully saturated rings. The molecule has 0 saturated heterocycles. The largest absolute Gasteiger partial charge is 0.207 e. The van der Waals surface area contributed by atoms with Crippen molar-refractivity contribution < 1.29 is 4.39 Å². The number of halogens is 1. The maximum absolute atomic E-state index is 13.6. The van der Waals surface area contributed by atoms with Crippen LogP contribution in [-0.4, -0.2) is 12.0 Å². The van der Waals surface area contributed by atoms with Crippen molar-refractivity contribution in [1.82, 2.24) is 0 Å². The fourth-order valence-corrected chi connectivity index (χ4v) is 4.40. The molecule has 0 spiro atoms. The molecule has 0 radical (unpaired) electrons. The molecule has 1 aromatic carbocycles. The Hall–Kier alpha value is -0.500. The van der Waals surface area contributed by atoms with Crippen LogP contribution in [0.4, 0.5) is 4.39 Å². The smallest absolute Gasteiger partial charge is 0.135 e. The molecule has 0 aromatic heterocycles. The van der Waals surface area contributed by atoms with E-state index in [0.29, 0.717) is 10.9 Å². The number of rotatable bonds is 13. The van der Waals surface area contributed by atoms with Crippen LogP contribution in [0.25, 0.3) is 0 Å². The fraction of sp³-hybridized carbons (Fsp3) is 0.700. The molecule has 126 valence electrons. The zero-order chi connectivity index (χ0) is 16.0. The first-order valence-corrected chi connectivity index (χ1v) is 11.0. The van der Waals surface area contributed by atoms with E-state index in [2.05, 4.69) is 13.2 Å². The highest BCUT2D eigenvalue weighted by atomic mass is 32.2. The Morgan fingerprint density at radius 3 is 1.95 bits per heavy atom. The third-order valence-corrected chi connectivity index (χ3v) is 6.00. The summed E-state index contributed by atoms with van der Waals surface area (Å²) < 4.78 is 13.6. The van der Waals surface area contributed by atoms with Gasteiger partial charge in [-0.15, -0.1) is 0 Å². The third kappa shape index (κ3) is 9.50. The molecule has 2 heteroatoms. The highest BCUT2D eigenvalue weighted by molar-refractivity contribution is 7.95. The summed E-state index contributed by atoms with van der Waals surface area (Å²) in [7, 11) is 0.316. The normalized spacial score (nSPS) is 12.5. The van der Waals surface area contributed by atoms with Gasteiger partial charge in [0.25, 0.3) is 0 Å². The van der Waals surface area contributed by atoms with Crippen LogP contribution in [0.5, 0.6) is 0 Å². The zero-order valence-corrected chi connectivity index (χ0v) is 15.4. The van der Waals surface area contributed by atoms with Gasteiger partial charge in [0.1, 0.15) is 17.3 Å². The average Bonchev–Trinajstić information content (AvgIpc) is 2.51. The standard InChI is InChI=1S/C20H34FS/c1-3-4-5-6-7-8-9-10-11-14-17-22(2)18-19-15-12-13-16-20(19)21/h12-13,15-16H,3-11,14,17-18H2,1-2H3/q+1. The molecule has 1 aromatic rings. The van der Waals surface area contributed by atoms with Crippen molar-refractivity contribution in [3.8, 4) is 0 Å². The Kier molecular flexibility index (Phi) is 11.5. The monoisotopic (exact) mass is 325 g/mol. The molecule has 0 heterocycles. The van der Waals surface area contributed by atoms with Crippen LogP contribution >= 0.6 is 0 Å². The molecular formula is C20H34FS+. The Bertz CT molecular complexity index is 378. The Labute approximate surface area is 140 Å². The van der Waals surface area contributed by atoms with E-state index in [1.165, 1.54) is 70.0 Å². The molecule has 0 bridgehead atoms. The SMILES string of the molecule is CCCCCCCCCCCC[S+](C)Cc1ccccc1F. The van der Waals surface area contributed by atoms with E-state index in [4.69, 9.17) is 0 Å². The predicted octanol–water partition coefficient (Wildman–Crippen LogP) is 6.49. The van der Waals surface area contributed by atoms with E-state index in [9.17, 15) is 4.39 Å². The Morgan fingerprint density at radius 1 is 0.818 bits per heavy atom. The van der Waals surface area contributed by atoms with E-state index < -0.39 is 0 Å². The quantitative estimate of drug-likeness (QED) is 0.287. The molecule has 0 aliphatic rings. The van der Waals surface area contributed by atoms with Crippen molar-refractivity contribution in [1.29, 1.82) is 0 Å². The average molecular weight is 326 g/mol. The van der Waals surface area contributed by atoms with Crippen LogP contribution in [0.15, 0.2) is 24.3 Å². The molecule has 1 atom stereocenters. The molecule has 0 saturated carbocycles. The summed E-state index contributed by atoms with van der Waals surface area (Å²) in [5.41, 5.74) is 0.889. The van der Waals surface area contributed by atoms with Crippen molar-refractivity contribution in [2.45, 2.75) is 76.9 Å². The first kappa shape index (κ1) is 19.5. The highest BCUT2D eigenvalue weighted by Gasteiger charge is 2.14. The molecule has 1 unspecified atom stereocenters. The van der Waals surface area contributed by atoms with Gasteiger partial charge in [-0.3, -0.25) is 0 Å². The van der Waals surface area contributed by atoms with E-state index in [-0.39, 0.29) is 5.82 Å². The lowest BCUT2D eigenvalue weighted by Gasteiger charge is -2.05. The van der Waals surface area contributed by atoms with E-state index >= 15 is 0 Å².